The first kappa shape index (κ1) is 35.1. The summed E-state index contributed by atoms with van der Waals surface area (Å²) in [5.41, 5.74) is 4.87. The molecule has 0 spiro atoms. The van der Waals surface area contributed by atoms with E-state index in [1.807, 2.05) is 72.8 Å². The Morgan fingerprint density at radius 2 is 1.51 bits per heavy atom. The number of carbonyl (C=O) groups excluding carboxylic acids is 3. The second-order valence-corrected chi connectivity index (χ2v) is 11.9. The van der Waals surface area contributed by atoms with Crippen molar-refractivity contribution in [3.63, 3.8) is 0 Å². The minimum Gasteiger partial charge on any atom is -0.420 e. The Morgan fingerprint density at radius 1 is 0.816 bits per heavy atom. The number of rotatable bonds is 13. The van der Waals surface area contributed by atoms with Gasteiger partial charge in [-0.1, -0.05) is 72.8 Å². The van der Waals surface area contributed by atoms with Gasteiger partial charge in [0.05, 0.1) is 0 Å². The largest absolute Gasteiger partial charge is 0.491 e. The van der Waals surface area contributed by atoms with Crippen LogP contribution in [0.25, 0.3) is 17.2 Å². The molecule has 1 saturated heterocycles. The number of nitrogens with zero attached hydrogens (tertiary/aromatic N) is 2. The highest BCUT2D eigenvalue weighted by Gasteiger charge is 2.41. The van der Waals surface area contributed by atoms with E-state index in [9.17, 15) is 27.6 Å². The maximum atomic E-state index is 13.5. The van der Waals surface area contributed by atoms with Gasteiger partial charge in [0.2, 0.25) is 5.91 Å². The van der Waals surface area contributed by atoms with Crippen molar-refractivity contribution in [1.29, 1.82) is 0 Å². The molecule has 0 aromatic heterocycles. The Morgan fingerprint density at radius 3 is 2.22 bits per heavy atom. The normalized spacial score (nSPS) is 13.4. The molecule has 4 aromatic carbocycles. The van der Waals surface area contributed by atoms with Crippen molar-refractivity contribution in [2.24, 2.45) is 0 Å². The number of halogens is 3. The number of ether oxygens (including phenoxy) is 1. The van der Waals surface area contributed by atoms with Crippen LogP contribution >= 0.6 is 0 Å². The van der Waals surface area contributed by atoms with E-state index in [4.69, 9.17) is 0 Å². The van der Waals surface area contributed by atoms with E-state index >= 15 is 0 Å². The molecule has 7 nitrogen and oxygen atoms in total. The van der Waals surface area contributed by atoms with Crippen molar-refractivity contribution in [3.05, 3.63) is 131 Å². The molecule has 49 heavy (non-hydrogen) atoms. The highest BCUT2D eigenvalue weighted by molar-refractivity contribution is 5.95. The average molecular weight is 670 g/mol. The third kappa shape index (κ3) is 10.6. The summed E-state index contributed by atoms with van der Waals surface area (Å²) in [4.78, 5) is 41.6. The molecule has 254 valence electrons. The Hall–Kier alpha value is -5.22. The summed E-state index contributed by atoms with van der Waals surface area (Å²) in [6.07, 6.45) is 0.995. The lowest BCUT2D eigenvalue weighted by Gasteiger charge is -2.22. The van der Waals surface area contributed by atoms with Gasteiger partial charge in [-0.15, -0.1) is 0 Å². The smallest absolute Gasteiger partial charge is 0.420 e. The SMILES string of the molecule is O=C(NCCN1CCCC1)c1cccc(-c2cccc(CN(CCc3ccc(OC(=O)C(F)(F)F)cc3)C(=O)/C=C/c3ccccc3)c2)c1. The highest BCUT2D eigenvalue weighted by atomic mass is 19.4. The quantitative estimate of drug-likeness (QED) is 0.0949. The van der Waals surface area contributed by atoms with E-state index in [1.54, 1.807) is 29.2 Å². The molecular weight excluding hydrogens is 631 g/mol. The summed E-state index contributed by atoms with van der Waals surface area (Å²) in [5, 5.41) is 3.02. The Labute approximate surface area is 284 Å². The zero-order valence-corrected chi connectivity index (χ0v) is 27.0. The molecule has 4 aromatic rings. The van der Waals surface area contributed by atoms with Gasteiger partial charge in [0.1, 0.15) is 5.75 Å². The molecule has 2 amide bonds. The molecule has 1 aliphatic rings. The van der Waals surface area contributed by atoms with Crippen molar-refractivity contribution < 1.29 is 32.3 Å². The monoisotopic (exact) mass is 669 g/mol. The maximum absolute atomic E-state index is 13.5. The van der Waals surface area contributed by atoms with E-state index in [0.717, 1.165) is 47.5 Å². The van der Waals surface area contributed by atoms with Gasteiger partial charge < -0.3 is 19.9 Å². The summed E-state index contributed by atoms with van der Waals surface area (Å²) in [6, 6.07) is 30.5. The van der Waals surface area contributed by atoms with Gasteiger partial charge in [0.15, 0.2) is 0 Å². The maximum Gasteiger partial charge on any atom is 0.491 e. The average Bonchev–Trinajstić information content (AvgIpc) is 3.63. The van der Waals surface area contributed by atoms with Crippen molar-refractivity contribution in [3.8, 4) is 16.9 Å². The second kappa shape index (κ2) is 16.7. The van der Waals surface area contributed by atoms with Crippen LogP contribution in [0, 0.1) is 0 Å². The van der Waals surface area contributed by atoms with Gasteiger partial charge in [0.25, 0.3) is 5.91 Å². The standard InChI is InChI=1S/C39H38F3N3O4/c40-39(41,42)38(48)49-35-17-14-30(15-18-35)20-24-45(36(46)19-16-29-8-2-1-3-9-29)28-31-10-6-11-32(26-31)33-12-7-13-34(27-33)37(47)43-21-25-44-22-4-5-23-44/h1-3,6-19,26-27H,4-5,20-25,28H2,(H,43,47)/b19-16+. The van der Waals surface area contributed by atoms with Crippen LogP contribution in [0.5, 0.6) is 5.75 Å². The third-order valence-electron chi connectivity index (χ3n) is 8.24. The van der Waals surface area contributed by atoms with Crippen LogP contribution in [0.1, 0.15) is 39.9 Å². The van der Waals surface area contributed by atoms with Crippen molar-refractivity contribution in [2.45, 2.75) is 32.0 Å². The minimum absolute atomic E-state index is 0.120. The Bertz CT molecular complexity index is 1750. The fraction of sp³-hybridized carbons (Fsp3) is 0.256. The lowest BCUT2D eigenvalue weighted by molar-refractivity contribution is -0.189. The number of esters is 1. The van der Waals surface area contributed by atoms with Gasteiger partial charge in [-0.3, -0.25) is 9.59 Å². The summed E-state index contributed by atoms with van der Waals surface area (Å²) in [6.45, 7) is 4.20. The number of hydrogen-bond donors (Lipinski definition) is 1. The molecule has 1 aliphatic heterocycles. The molecule has 0 bridgehead atoms. The summed E-state index contributed by atoms with van der Waals surface area (Å²) < 4.78 is 42.1. The molecule has 0 unspecified atom stereocenters. The molecule has 0 aliphatic carbocycles. The topological polar surface area (TPSA) is 79.0 Å². The molecule has 0 atom stereocenters. The predicted molar refractivity (Wildman–Crippen MR) is 183 cm³/mol. The van der Waals surface area contributed by atoms with Gasteiger partial charge in [0, 0.05) is 37.8 Å². The van der Waals surface area contributed by atoms with E-state index in [1.165, 1.54) is 31.1 Å². The van der Waals surface area contributed by atoms with Crippen LogP contribution in [-0.2, 0) is 22.6 Å². The minimum atomic E-state index is -5.09. The van der Waals surface area contributed by atoms with Crippen LogP contribution in [0.2, 0.25) is 0 Å². The molecule has 0 radical (unpaired) electrons. The first-order chi connectivity index (χ1) is 23.6. The molecular formula is C39H38F3N3O4. The van der Waals surface area contributed by atoms with Crippen molar-refractivity contribution in [1.82, 2.24) is 15.1 Å². The van der Waals surface area contributed by atoms with Crippen LogP contribution in [0.15, 0.2) is 109 Å². The first-order valence-electron chi connectivity index (χ1n) is 16.2. The Balaban J connectivity index is 1.27. The van der Waals surface area contributed by atoms with Crippen molar-refractivity contribution in [2.75, 3.05) is 32.7 Å². The molecule has 1 fully saturated rings. The van der Waals surface area contributed by atoms with E-state index in [-0.39, 0.29) is 17.6 Å². The number of likely N-dealkylation sites (tertiary alicyclic amines) is 1. The summed E-state index contributed by atoms with van der Waals surface area (Å²) in [5.74, 6) is -2.83. The van der Waals surface area contributed by atoms with Crippen LogP contribution in [0.3, 0.4) is 0 Å². The van der Waals surface area contributed by atoms with Crippen LogP contribution in [-0.4, -0.2) is 66.5 Å². The second-order valence-electron chi connectivity index (χ2n) is 11.9. The molecule has 0 saturated carbocycles. The first-order valence-corrected chi connectivity index (χ1v) is 16.2. The number of hydrogen-bond acceptors (Lipinski definition) is 5. The molecule has 1 heterocycles. The number of carbonyl (C=O) groups is 3. The molecule has 1 N–H and O–H groups in total. The summed E-state index contributed by atoms with van der Waals surface area (Å²) >= 11 is 0. The lowest BCUT2D eigenvalue weighted by atomic mass is 10.0. The number of benzene rings is 4. The van der Waals surface area contributed by atoms with Crippen molar-refractivity contribution >= 4 is 23.9 Å². The van der Waals surface area contributed by atoms with Gasteiger partial charge in [-0.25, -0.2) is 4.79 Å². The van der Waals surface area contributed by atoms with E-state index in [2.05, 4.69) is 15.0 Å². The number of alkyl halides is 3. The highest BCUT2D eigenvalue weighted by Crippen LogP contribution is 2.24. The van der Waals surface area contributed by atoms with Gasteiger partial charge in [-0.05, 0) is 96.6 Å². The zero-order chi connectivity index (χ0) is 34.6. The van der Waals surface area contributed by atoms with Crippen LogP contribution < -0.4 is 10.1 Å². The third-order valence-corrected chi connectivity index (χ3v) is 8.24. The molecule has 10 heteroatoms. The predicted octanol–water partition coefficient (Wildman–Crippen LogP) is 6.93. The number of amides is 2. The zero-order valence-electron chi connectivity index (χ0n) is 27.0. The fourth-order valence-corrected chi connectivity index (χ4v) is 5.60. The summed E-state index contributed by atoms with van der Waals surface area (Å²) in [7, 11) is 0. The van der Waals surface area contributed by atoms with Gasteiger partial charge in [-0.2, -0.15) is 13.2 Å². The van der Waals surface area contributed by atoms with E-state index < -0.39 is 12.1 Å². The lowest BCUT2D eigenvalue weighted by Crippen LogP contribution is -2.33. The fourth-order valence-electron chi connectivity index (χ4n) is 5.60. The van der Waals surface area contributed by atoms with E-state index in [0.29, 0.717) is 31.6 Å². The molecule has 5 rings (SSSR count). The number of nitrogens with one attached hydrogen (secondary N) is 1. The van der Waals surface area contributed by atoms with Gasteiger partial charge >= 0.3 is 12.1 Å². The van der Waals surface area contributed by atoms with Crippen LogP contribution in [0.4, 0.5) is 13.2 Å². The Kier molecular flexibility index (Phi) is 12.0.